The Morgan fingerprint density at radius 3 is 3.20 bits per heavy atom. The molecule has 0 saturated carbocycles. The van der Waals surface area contributed by atoms with Crippen molar-refractivity contribution in [2.75, 3.05) is 23.3 Å². The Morgan fingerprint density at radius 1 is 1.60 bits per heavy atom. The van der Waals surface area contributed by atoms with E-state index in [1.54, 1.807) is 12.4 Å². The maximum atomic E-state index is 6.13. The number of aromatic nitrogens is 1. The number of hydrogen-bond acceptors (Lipinski definition) is 2. The Bertz CT molecular complexity index is 332. The summed E-state index contributed by atoms with van der Waals surface area (Å²) in [5, 5.41) is 1.83. The molecule has 0 amide bonds. The number of halogens is 2. The van der Waals surface area contributed by atoms with Gasteiger partial charge in [0.2, 0.25) is 0 Å². The van der Waals surface area contributed by atoms with Crippen molar-refractivity contribution in [3.05, 3.63) is 23.5 Å². The van der Waals surface area contributed by atoms with E-state index in [1.807, 2.05) is 6.07 Å². The maximum Gasteiger partial charge on any atom is 0.0822 e. The zero-order chi connectivity index (χ0) is 10.7. The van der Waals surface area contributed by atoms with Crippen molar-refractivity contribution < 1.29 is 0 Å². The lowest BCUT2D eigenvalue weighted by Crippen LogP contribution is -2.36. The molecule has 2 heterocycles. The van der Waals surface area contributed by atoms with Gasteiger partial charge in [-0.15, -0.1) is 0 Å². The van der Waals surface area contributed by atoms with Crippen LogP contribution in [-0.2, 0) is 0 Å². The van der Waals surface area contributed by atoms with Gasteiger partial charge in [-0.3, -0.25) is 4.98 Å². The number of anilines is 1. The van der Waals surface area contributed by atoms with Crippen molar-refractivity contribution in [1.29, 1.82) is 0 Å². The fraction of sp³-hybridized carbons (Fsp3) is 0.545. The molecular weight excluding hydrogens is 275 g/mol. The summed E-state index contributed by atoms with van der Waals surface area (Å²) in [6.07, 6.45) is 6.08. The molecule has 0 bridgehead atoms. The number of pyridine rings is 1. The molecule has 82 valence electrons. The third kappa shape index (κ3) is 2.64. The predicted octanol–water partition coefficient (Wildman–Crippen LogP) is 3.35. The van der Waals surface area contributed by atoms with Gasteiger partial charge >= 0.3 is 0 Å². The maximum absolute atomic E-state index is 6.13. The van der Waals surface area contributed by atoms with Crippen LogP contribution in [0.15, 0.2) is 18.5 Å². The van der Waals surface area contributed by atoms with E-state index < -0.39 is 0 Å². The standard InChI is InChI=1S/C11H14BrClN2/c12-6-9-2-1-5-15(8-9)11-3-4-14-7-10(11)13/h3-4,7,9H,1-2,5-6,8H2. The minimum absolute atomic E-state index is 0.739. The van der Waals surface area contributed by atoms with Crippen molar-refractivity contribution in [1.82, 2.24) is 4.98 Å². The number of piperidine rings is 1. The van der Waals surface area contributed by atoms with Gasteiger partial charge in [-0.25, -0.2) is 0 Å². The van der Waals surface area contributed by atoms with Gasteiger partial charge in [-0.2, -0.15) is 0 Å². The lowest BCUT2D eigenvalue weighted by atomic mass is 10.00. The molecule has 0 N–H and O–H groups in total. The third-order valence-electron chi connectivity index (χ3n) is 2.83. The van der Waals surface area contributed by atoms with E-state index in [0.29, 0.717) is 0 Å². The number of alkyl halides is 1. The van der Waals surface area contributed by atoms with E-state index in [4.69, 9.17) is 11.6 Å². The van der Waals surface area contributed by atoms with Gasteiger partial charge in [0.05, 0.1) is 10.7 Å². The Morgan fingerprint density at radius 2 is 2.47 bits per heavy atom. The van der Waals surface area contributed by atoms with E-state index in [-0.39, 0.29) is 0 Å². The molecule has 1 aliphatic heterocycles. The van der Waals surface area contributed by atoms with Crippen LogP contribution < -0.4 is 4.90 Å². The molecule has 2 rings (SSSR count). The zero-order valence-corrected chi connectivity index (χ0v) is 10.8. The SMILES string of the molecule is Clc1cnccc1N1CCCC(CBr)C1. The minimum Gasteiger partial charge on any atom is -0.370 e. The molecule has 1 atom stereocenters. The summed E-state index contributed by atoms with van der Waals surface area (Å²) in [6, 6.07) is 2.00. The summed E-state index contributed by atoms with van der Waals surface area (Å²) in [5.41, 5.74) is 1.12. The van der Waals surface area contributed by atoms with Gasteiger partial charge in [0.25, 0.3) is 0 Å². The van der Waals surface area contributed by atoms with Gasteiger partial charge < -0.3 is 4.90 Å². The third-order valence-corrected chi connectivity index (χ3v) is 4.04. The van der Waals surface area contributed by atoms with E-state index in [2.05, 4.69) is 25.8 Å². The summed E-state index contributed by atoms with van der Waals surface area (Å²) in [6.45, 7) is 2.20. The molecule has 1 aromatic heterocycles. The smallest absolute Gasteiger partial charge is 0.0822 e. The summed E-state index contributed by atoms with van der Waals surface area (Å²) in [4.78, 5) is 6.37. The largest absolute Gasteiger partial charge is 0.370 e. The lowest BCUT2D eigenvalue weighted by Gasteiger charge is -2.34. The van der Waals surface area contributed by atoms with Crippen LogP contribution in [-0.4, -0.2) is 23.4 Å². The molecule has 2 nitrogen and oxygen atoms in total. The van der Waals surface area contributed by atoms with Gasteiger partial charge in [-0.1, -0.05) is 27.5 Å². The van der Waals surface area contributed by atoms with Crippen molar-refractivity contribution >= 4 is 33.2 Å². The van der Waals surface area contributed by atoms with Crippen molar-refractivity contribution in [3.8, 4) is 0 Å². The van der Waals surface area contributed by atoms with Gasteiger partial charge in [0.1, 0.15) is 0 Å². The minimum atomic E-state index is 0.739. The molecule has 1 unspecified atom stereocenters. The molecule has 1 aliphatic rings. The first-order valence-electron chi connectivity index (χ1n) is 5.21. The zero-order valence-electron chi connectivity index (χ0n) is 8.50. The fourth-order valence-corrected chi connectivity index (χ4v) is 2.80. The van der Waals surface area contributed by atoms with E-state index in [1.165, 1.54) is 12.8 Å². The van der Waals surface area contributed by atoms with Gasteiger partial charge in [0, 0.05) is 30.8 Å². The summed E-state index contributed by atoms with van der Waals surface area (Å²) in [7, 11) is 0. The Hall–Kier alpha value is -0.280. The molecule has 1 aromatic rings. The average molecular weight is 290 g/mol. The number of hydrogen-bond donors (Lipinski definition) is 0. The van der Waals surface area contributed by atoms with E-state index >= 15 is 0 Å². The monoisotopic (exact) mass is 288 g/mol. The normalized spacial score (nSPS) is 21.7. The molecule has 0 aliphatic carbocycles. The molecule has 0 aromatic carbocycles. The Labute approximate surface area is 104 Å². The first kappa shape index (κ1) is 11.2. The van der Waals surface area contributed by atoms with Crippen LogP contribution in [0, 0.1) is 5.92 Å². The second kappa shape index (κ2) is 5.17. The summed E-state index contributed by atoms with van der Waals surface area (Å²) < 4.78 is 0. The molecule has 1 saturated heterocycles. The summed E-state index contributed by atoms with van der Waals surface area (Å²) >= 11 is 9.69. The highest BCUT2D eigenvalue weighted by molar-refractivity contribution is 9.09. The second-order valence-electron chi connectivity index (χ2n) is 3.94. The number of rotatable bonds is 2. The topological polar surface area (TPSA) is 16.1 Å². The van der Waals surface area contributed by atoms with Crippen LogP contribution in [0.2, 0.25) is 5.02 Å². The van der Waals surface area contributed by atoms with Crippen LogP contribution in [0.25, 0.3) is 0 Å². The van der Waals surface area contributed by atoms with E-state index in [9.17, 15) is 0 Å². The Balaban J connectivity index is 2.13. The molecule has 15 heavy (non-hydrogen) atoms. The average Bonchev–Trinajstić information content (AvgIpc) is 2.30. The Kier molecular flexibility index (Phi) is 3.87. The fourth-order valence-electron chi connectivity index (χ4n) is 2.03. The van der Waals surface area contributed by atoms with E-state index in [0.717, 1.165) is 35.0 Å². The first-order chi connectivity index (χ1) is 7.31. The lowest BCUT2D eigenvalue weighted by molar-refractivity contribution is 0.455. The predicted molar refractivity (Wildman–Crippen MR) is 68.0 cm³/mol. The molecule has 4 heteroatoms. The molecule has 0 spiro atoms. The summed E-state index contributed by atoms with van der Waals surface area (Å²) in [5.74, 6) is 0.739. The van der Waals surface area contributed by atoms with Crippen LogP contribution in [0.4, 0.5) is 5.69 Å². The van der Waals surface area contributed by atoms with Gasteiger partial charge in [-0.05, 0) is 24.8 Å². The van der Waals surface area contributed by atoms with Gasteiger partial charge in [0.15, 0.2) is 0 Å². The van der Waals surface area contributed by atoms with Crippen molar-refractivity contribution in [3.63, 3.8) is 0 Å². The highest BCUT2D eigenvalue weighted by Gasteiger charge is 2.20. The molecule has 1 fully saturated rings. The van der Waals surface area contributed by atoms with Crippen molar-refractivity contribution in [2.45, 2.75) is 12.8 Å². The van der Waals surface area contributed by atoms with Crippen LogP contribution in [0.1, 0.15) is 12.8 Å². The number of nitrogens with zero attached hydrogens (tertiary/aromatic N) is 2. The highest BCUT2D eigenvalue weighted by Crippen LogP contribution is 2.29. The quantitative estimate of drug-likeness (QED) is 0.776. The van der Waals surface area contributed by atoms with Crippen LogP contribution >= 0.6 is 27.5 Å². The van der Waals surface area contributed by atoms with Crippen molar-refractivity contribution in [2.24, 2.45) is 5.92 Å². The molecular formula is C11H14BrClN2. The van der Waals surface area contributed by atoms with Crippen LogP contribution in [0.3, 0.4) is 0 Å². The second-order valence-corrected chi connectivity index (χ2v) is 4.99. The molecule has 0 radical (unpaired) electrons. The highest BCUT2D eigenvalue weighted by atomic mass is 79.9. The first-order valence-corrected chi connectivity index (χ1v) is 6.71. The van der Waals surface area contributed by atoms with Crippen LogP contribution in [0.5, 0.6) is 0 Å².